The number of rotatable bonds is 5. The third kappa shape index (κ3) is 6.13. The van der Waals surface area contributed by atoms with Crippen molar-refractivity contribution in [3.63, 3.8) is 0 Å². The molecule has 0 bridgehead atoms. The molecule has 3 rings (SSSR count). The van der Waals surface area contributed by atoms with Gasteiger partial charge in [0.1, 0.15) is 17.2 Å². The Morgan fingerprint density at radius 3 is 2.62 bits per heavy atom. The molecule has 1 fully saturated rings. The van der Waals surface area contributed by atoms with Crippen LogP contribution >= 0.6 is 11.3 Å². The van der Waals surface area contributed by atoms with Crippen LogP contribution in [0.1, 0.15) is 69.3 Å². The second-order valence-electron chi connectivity index (χ2n) is 8.50. The van der Waals surface area contributed by atoms with Crippen LogP contribution in [0.2, 0.25) is 0 Å². The van der Waals surface area contributed by atoms with Crippen LogP contribution in [-0.2, 0) is 11.2 Å². The number of hydrogen-bond acceptors (Lipinski definition) is 7. The van der Waals surface area contributed by atoms with Crippen LogP contribution < -0.4 is 5.32 Å². The zero-order chi connectivity index (χ0) is 21.0. The summed E-state index contributed by atoms with van der Waals surface area (Å²) in [6, 6.07) is 2.01. The lowest BCUT2D eigenvalue weighted by Gasteiger charge is -2.33. The number of nitrogens with zero attached hydrogens (tertiary/aromatic N) is 4. The minimum absolute atomic E-state index is 0.238. The molecule has 1 aliphatic heterocycles. The number of aromatic nitrogens is 3. The number of hydrogen-bond donors (Lipinski definition) is 1. The van der Waals surface area contributed by atoms with Crippen LogP contribution in [0.3, 0.4) is 0 Å². The van der Waals surface area contributed by atoms with Crippen molar-refractivity contribution >= 4 is 28.4 Å². The number of amides is 1. The molecule has 0 spiro atoms. The number of ether oxygens (including phenoxy) is 1. The molecule has 1 saturated heterocycles. The topological polar surface area (TPSA) is 80.2 Å². The number of likely N-dealkylation sites (tertiary alicyclic amines) is 1. The molecule has 1 N–H and O–H groups in total. The Morgan fingerprint density at radius 2 is 2.03 bits per heavy atom. The van der Waals surface area contributed by atoms with Crippen LogP contribution in [0.15, 0.2) is 12.3 Å². The quantitative estimate of drug-likeness (QED) is 0.733. The lowest BCUT2D eigenvalue weighted by Crippen LogP contribution is -2.41. The maximum atomic E-state index is 12.3. The Hall–Kier alpha value is -2.22. The molecule has 0 atom stereocenters. The number of anilines is 2. The van der Waals surface area contributed by atoms with Crippen molar-refractivity contribution in [2.45, 2.75) is 71.8 Å². The largest absolute Gasteiger partial charge is 0.444 e. The monoisotopic (exact) mass is 417 g/mol. The molecule has 1 aliphatic rings. The summed E-state index contributed by atoms with van der Waals surface area (Å²) in [5.74, 6) is 1.89. The standard InChI is InChI=1S/C21H31N5O2S/c1-6-7-16-12-17(25-19-22-13-14(2)29-19)24-18(23-16)15-8-10-26(11-9-15)20(27)28-21(3,4)5/h12-13,15H,6-11H2,1-5H3,(H,22,23,24,25). The highest BCUT2D eigenvalue weighted by Crippen LogP contribution is 2.29. The predicted molar refractivity (Wildman–Crippen MR) is 116 cm³/mol. The van der Waals surface area contributed by atoms with Crippen LogP contribution in [0.4, 0.5) is 15.7 Å². The molecule has 3 heterocycles. The SMILES string of the molecule is CCCc1cc(Nc2ncc(C)s2)nc(C2CCN(C(=O)OC(C)(C)C)CC2)n1. The number of carbonyl (C=O) groups is 1. The van der Waals surface area contributed by atoms with Gasteiger partial charge in [-0.1, -0.05) is 13.3 Å². The summed E-state index contributed by atoms with van der Waals surface area (Å²) < 4.78 is 5.50. The third-order valence-electron chi connectivity index (χ3n) is 4.67. The van der Waals surface area contributed by atoms with Gasteiger partial charge in [0.15, 0.2) is 5.13 Å². The van der Waals surface area contributed by atoms with E-state index in [9.17, 15) is 4.79 Å². The first-order chi connectivity index (χ1) is 13.7. The van der Waals surface area contributed by atoms with Crippen molar-refractivity contribution in [3.05, 3.63) is 28.7 Å². The van der Waals surface area contributed by atoms with E-state index >= 15 is 0 Å². The molecule has 0 aromatic carbocycles. The van der Waals surface area contributed by atoms with Crippen LogP contribution in [0.25, 0.3) is 0 Å². The maximum Gasteiger partial charge on any atom is 0.410 e. The van der Waals surface area contributed by atoms with E-state index in [4.69, 9.17) is 14.7 Å². The van der Waals surface area contributed by atoms with Gasteiger partial charge in [0.2, 0.25) is 0 Å². The minimum Gasteiger partial charge on any atom is -0.444 e. The molecule has 7 nitrogen and oxygen atoms in total. The molecule has 8 heteroatoms. The number of piperidine rings is 1. The summed E-state index contributed by atoms with van der Waals surface area (Å²) in [6.45, 7) is 11.2. The fourth-order valence-electron chi connectivity index (χ4n) is 3.32. The van der Waals surface area contributed by atoms with Gasteiger partial charge in [-0.25, -0.2) is 19.7 Å². The highest BCUT2D eigenvalue weighted by atomic mass is 32.1. The van der Waals surface area contributed by atoms with Crippen molar-refractivity contribution in [1.29, 1.82) is 0 Å². The number of aryl methyl sites for hydroxylation is 2. The zero-order valence-corrected chi connectivity index (χ0v) is 18.8. The summed E-state index contributed by atoms with van der Waals surface area (Å²) >= 11 is 1.61. The summed E-state index contributed by atoms with van der Waals surface area (Å²) in [7, 11) is 0. The summed E-state index contributed by atoms with van der Waals surface area (Å²) in [4.78, 5) is 29.2. The Labute approximate surface area is 176 Å². The molecule has 0 radical (unpaired) electrons. The first-order valence-electron chi connectivity index (χ1n) is 10.3. The van der Waals surface area contributed by atoms with Gasteiger partial charge in [-0.15, -0.1) is 11.3 Å². The van der Waals surface area contributed by atoms with Crippen molar-refractivity contribution in [1.82, 2.24) is 19.9 Å². The Balaban J connectivity index is 1.70. The van der Waals surface area contributed by atoms with Gasteiger partial charge in [-0.2, -0.15) is 0 Å². The van der Waals surface area contributed by atoms with Crippen molar-refractivity contribution < 1.29 is 9.53 Å². The van der Waals surface area contributed by atoms with Gasteiger partial charge in [-0.05, 0) is 47.0 Å². The zero-order valence-electron chi connectivity index (χ0n) is 18.0. The minimum atomic E-state index is -0.472. The van der Waals surface area contributed by atoms with Crippen molar-refractivity contribution in [3.8, 4) is 0 Å². The molecule has 0 unspecified atom stereocenters. The first-order valence-corrected chi connectivity index (χ1v) is 11.1. The molecular weight excluding hydrogens is 386 g/mol. The molecule has 0 aliphatic carbocycles. The predicted octanol–water partition coefficient (Wildman–Crippen LogP) is 5.05. The summed E-state index contributed by atoms with van der Waals surface area (Å²) in [6.07, 6.45) is 5.24. The smallest absolute Gasteiger partial charge is 0.410 e. The van der Waals surface area contributed by atoms with E-state index in [1.807, 2.05) is 40.0 Å². The Kier molecular flexibility index (Phi) is 6.72. The average molecular weight is 418 g/mol. The molecule has 1 amide bonds. The van der Waals surface area contributed by atoms with E-state index in [1.165, 1.54) is 0 Å². The third-order valence-corrected chi connectivity index (χ3v) is 5.50. The van der Waals surface area contributed by atoms with Gasteiger partial charge in [-0.3, -0.25) is 0 Å². The van der Waals surface area contributed by atoms with E-state index in [2.05, 4.69) is 17.2 Å². The lowest BCUT2D eigenvalue weighted by atomic mass is 9.96. The second-order valence-corrected chi connectivity index (χ2v) is 9.73. The van der Waals surface area contributed by atoms with E-state index in [1.54, 1.807) is 16.2 Å². The Bertz CT molecular complexity index is 838. The first kappa shape index (κ1) is 21.5. The van der Waals surface area contributed by atoms with Crippen molar-refractivity contribution in [2.75, 3.05) is 18.4 Å². The van der Waals surface area contributed by atoms with Gasteiger partial charge in [0.25, 0.3) is 0 Å². The maximum absolute atomic E-state index is 12.3. The van der Waals surface area contributed by atoms with E-state index < -0.39 is 5.60 Å². The summed E-state index contributed by atoms with van der Waals surface area (Å²) in [5.41, 5.74) is 0.572. The van der Waals surface area contributed by atoms with Crippen LogP contribution in [0.5, 0.6) is 0 Å². The molecular formula is C21H31N5O2S. The second kappa shape index (κ2) is 9.07. The fourth-order valence-corrected chi connectivity index (χ4v) is 3.99. The Morgan fingerprint density at radius 1 is 1.31 bits per heavy atom. The number of thiazole rings is 1. The van der Waals surface area contributed by atoms with Gasteiger partial charge in [0, 0.05) is 41.8 Å². The highest BCUT2D eigenvalue weighted by molar-refractivity contribution is 7.15. The number of carbonyl (C=O) groups excluding carboxylic acids is 1. The van der Waals surface area contributed by atoms with Gasteiger partial charge < -0.3 is 15.0 Å². The molecule has 2 aromatic rings. The van der Waals surface area contributed by atoms with E-state index in [-0.39, 0.29) is 12.0 Å². The molecule has 158 valence electrons. The van der Waals surface area contributed by atoms with Crippen molar-refractivity contribution in [2.24, 2.45) is 0 Å². The molecule has 0 saturated carbocycles. The van der Waals surface area contributed by atoms with Crippen LogP contribution in [0, 0.1) is 6.92 Å². The fraction of sp³-hybridized carbons (Fsp3) is 0.619. The van der Waals surface area contributed by atoms with Gasteiger partial charge >= 0.3 is 6.09 Å². The lowest BCUT2D eigenvalue weighted by molar-refractivity contribution is 0.0203. The van der Waals surface area contributed by atoms with Crippen LogP contribution in [-0.4, -0.2) is 44.6 Å². The average Bonchev–Trinajstić information content (AvgIpc) is 3.05. The summed E-state index contributed by atoms with van der Waals surface area (Å²) in [5, 5.41) is 4.17. The molecule has 29 heavy (non-hydrogen) atoms. The van der Waals surface area contributed by atoms with E-state index in [0.29, 0.717) is 13.1 Å². The van der Waals surface area contributed by atoms with Gasteiger partial charge in [0.05, 0.1) is 0 Å². The normalized spacial score (nSPS) is 15.4. The highest BCUT2D eigenvalue weighted by Gasteiger charge is 2.29. The number of nitrogens with one attached hydrogen (secondary N) is 1. The van der Waals surface area contributed by atoms with E-state index in [0.717, 1.165) is 53.0 Å². The molecule has 2 aromatic heterocycles.